The van der Waals surface area contributed by atoms with Crippen LogP contribution in [0, 0.1) is 5.92 Å². The van der Waals surface area contributed by atoms with Gasteiger partial charge in [-0.1, -0.05) is 41.9 Å². The van der Waals surface area contributed by atoms with Crippen molar-refractivity contribution >= 4 is 56.7 Å². The van der Waals surface area contributed by atoms with Gasteiger partial charge >= 0.3 is 0 Å². The number of para-hydroxylation sites is 2. The molecule has 1 N–H and O–H groups in total. The van der Waals surface area contributed by atoms with Crippen LogP contribution in [-0.4, -0.2) is 18.4 Å². The van der Waals surface area contributed by atoms with Crippen molar-refractivity contribution < 1.29 is 14.0 Å². The predicted octanol–water partition coefficient (Wildman–Crippen LogP) is 5.23. The molecule has 0 saturated carbocycles. The molecule has 1 fully saturated rings. The molecule has 0 spiro atoms. The van der Waals surface area contributed by atoms with Crippen LogP contribution in [0.2, 0.25) is 5.02 Å². The fourth-order valence-electron chi connectivity index (χ4n) is 3.83. The second kappa shape index (κ2) is 6.94. The molecular weight excluding hydrogens is 388 g/mol. The molecule has 3 aromatic carbocycles. The molecule has 1 aliphatic rings. The number of carbonyl (C=O) groups excluding carboxylic acids is 2. The number of benzene rings is 3. The summed E-state index contributed by atoms with van der Waals surface area (Å²) >= 11 is 6.21. The number of nitrogens with zero attached hydrogens (tertiary/aromatic N) is 1. The van der Waals surface area contributed by atoms with Crippen LogP contribution in [0.25, 0.3) is 21.9 Å². The number of anilines is 2. The van der Waals surface area contributed by atoms with Crippen LogP contribution < -0.4 is 10.2 Å². The van der Waals surface area contributed by atoms with Crippen LogP contribution in [-0.2, 0) is 9.59 Å². The molecule has 29 heavy (non-hydrogen) atoms. The lowest BCUT2D eigenvalue weighted by atomic mass is 10.1. The minimum Gasteiger partial charge on any atom is -0.456 e. The molecule has 1 atom stereocenters. The van der Waals surface area contributed by atoms with Gasteiger partial charge in [-0.3, -0.25) is 9.59 Å². The molecule has 0 radical (unpaired) electrons. The maximum Gasteiger partial charge on any atom is 0.229 e. The van der Waals surface area contributed by atoms with E-state index in [1.807, 2.05) is 54.6 Å². The Morgan fingerprint density at radius 3 is 2.62 bits per heavy atom. The summed E-state index contributed by atoms with van der Waals surface area (Å²) < 4.78 is 5.88. The first kappa shape index (κ1) is 17.8. The maximum absolute atomic E-state index is 12.8. The quantitative estimate of drug-likeness (QED) is 0.508. The standard InChI is InChI=1S/C23H17ClN2O3/c24-18-6-2-3-7-19(18)26-13-14(11-22(26)27)23(28)25-15-9-10-17-16-5-1-4-8-20(16)29-21(17)12-15/h1-10,12,14H,11,13H2,(H,25,28)/t14-/m0/s1. The molecule has 0 aliphatic carbocycles. The number of hydrogen-bond donors (Lipinski definition) is 1. The van der Waals surface area contributed by atoms with Crippen LogP contribution in [0.3, 0.4) is 0 Å². The van der Waals surface area contributed by atoms with Crippen molar-refractivity contribution in [1.82, 2.24) is 0 Å². The molecule has 0 unspecified atom stereocenters. The number of rotatable bonds is 3. The number of amides is 2. The number of carbonyl (C=O) groups is 2. The van der Waals surface area contributed by atoms with E-state index in [1.54, 1.807) is 17.0 Å². The predicted molar refractivity (Wildman–Crippen MR) is 114 cm³/mol. The fraction of sp³-hybridized carbons (Fsp3) is 0.130. The Balaban J connectivity index is 1.36. The minimum atomic E-state index is -0.440. The van der Waals surface area contributed by atoms with Gasteiger partial charge in [0.1, 0.15) is 11.2 Å². The van der Waals surface area contributed by atoms with Crippen molar-refractivity contribution in [2.24, 2.45) is 5.92 Å². The summed E-state index contributed by atoms with van der Waals surface area (Å²) in [5.74, 6) is -0.737. The normalized spacial score (nSPS) is 16.7. The van der Waals surface area contributed by atoms with Crippen molar-refractivity contribution in [3.8, 4) is 0 Å². The van der Waals surface area contributed by atoms with Gasteiger partial charge in [-0.15, -0.1) is 0 Å². The Morgan fingerprint density at radius 2 is 1.76 bits per heavy atom. The summed E-state index contributed by atoms with van der Waals surface area (Å²) in [4.78, 5) is 26.8. The molecule has 2 heterocycles. The van der Waals surface area contributed by atoms with Gasteiger partial charge in [0, 0.05) is 35.5 Å². The van der Waals surface area contributed by atoms with E-state index in [2.05, 4.69) is 5.32 Å². The van der Waals surface area contributed by atoms with E-state index < -0.39 is 5.92 Å². The van der Waals surface area contributed by atoms with Gasteiger partial charge < -0.3 is 14.6 Å². The molecular formula is C23H17ClN2O3. The highest BCUT2D eigenvalue weighted by atomic mass is 35.5. The van der Waals surface area contributed by atoms with E-state index >= 15 is 0 Å². The first-order valence-corrected chi connectivity index (χ1v) is 9.75. The summed E-state index contributed by atoms with van der Waals surface area (Å²) in [6.07, 6.45) is 0.157. The minimum absolute atomic E-state index is 0.106. The molecule has 6 heteroatoms. The Labute approximate surface area is 171 Å². The monoisotopic (exact) mass is 404 g/mol. The highest BCUT2D eigenvalue weighted by Gasteiger charge is 2.35. The molecule has 5 nitrogen and oxygen atoms in total. The lowest BCUT2D eigenvalue weighted by Crippen LogP contribution is -2.28. The molecule has 4 aromatic rings. The van der Waals surface area contributed by atoms with Gasteiger partial charge in [0.05, 0.1) is 16.6 Å². The third-order valence-corrected chi connectivity index (χ3v) is 5.60. The second-order valence-corrected chi connectivity index (χ2v) is 7.56. The molecule has 1 aromatic heterocycles. The maximum atomic E-state index is 12.8. The van der Waals surface area contributed by atoms with E-state index in [1.165, 1.54) is 0 Å². The lowest BCUT2D eigenvalue weighted by molar-refractivity contribution is -0.122. The third kappa shape index (κ3) is 3.13. The largest absolute Gasteiger partial charge is 0.456 e. The number of hydrogen-bond acceptors (Lipinski definition) is 3. The molecule has 5 rings (SSSR count). The van der Waals surface area contributed by atoms with E-state index in [4.69, 9.17) is 16.0 Å². The van der Waals surface area contributed by atoms with E-state index in [-0.39, 0.29) is 18.2 Å². The van der Waals surface area contributed by atoms with Gasteiger partial charge in [-0.2, -0.15) is 0 Å². The zero-order valence-corrected chi connectivity index (χ0v) is 16.1. The Kier molecular flexibility index (Phi) is 4.25. The van der Waals surface area contributed by atoms with E-state index in [0.29, 0.717) is 28.5 Å². The third-order valence-electron chi connectivity index (χ3n) is 5.29. The van der Waals surface area contributed by atoms with Crippen molar-refractivity contribution in [1.29, 1.82) is 0 Å². The van der Waals surface area contributed by atoms with Crippen LogP contribution >= 0.6 is 11.6 Å². The van der Waals surface area contributed by atoms with Gasteiger partial charge in [0.2, 0.25) is 11.8 Å². The lowest BCUT2D eigenvalue weighted by Gasteiger charge is -2.18. The number of fused-ring (bicyclic) bond motifs is 3. The second-order valence-electron chi connectivity index (χ2n) is 7.16. The average Bonchev–Trinajstić information content (AvgIpc) is 3.28. The van der Waals surface area contributed by atoms with Crippen molar-refractivity contribution in [2.45, 2.75) is 6.42 Å². The number of halogens is 1. The van der Waals surface area contributed by atoms with Crippen LogP contribution in [0.5, 0.6) is 0 Å². The van der Waals surface area contributed by atoms with Crippen LogP contribution in [0.1, 0.15) is 6.42 Å². The SMILES string of the molecule is O=C(Nc1ccc2c(c1)oc1ccccc12)[C@H]1CC(=O)N(c2ccccc2Cl)C1. The van der Waals surface area contributed by atoms with Gasteiger partial charge in [-0.05, 0) is 30.3 Å². The van der Waals surface area contributed by atoms with E-state index in [9.17, 15) is 9.59 Å². The van der Waals surface area contributed by atoms with Gasteiger partial charge in [0.15, 0.2) is 0 Å². The highest BCUT2D eigenvalue weighted by Crippen LogP contribution is 2.33. The summed E-state index contributed by atoms with van der Waals surface area (Å²) in [5, 5.41) is 5.45. The van der Waals surface area contributed by atoms with Gasteiger partial charge in [0.25, 0.3) is 0 Å². The summed E-state index contributed by atoms with van der Waals surface area (Å²) in [6.45, 7) is 0.307. The molecule has 1 saturated heterocycles. The molecule has 0 bridgehead atoms. The summed E-state index contributed by atoms with van der Waals surface area (Å²) in [6, 6.07) is 20.6. The zero-order valence-electron chi connectivity index (χ0n) is 15.4. The number of nitrogens with one attached hydrogen (secondary N) is 1. The van der Waals surface area contributed by atoms with Crippen molar-refractivity contribution in [3.05, 3.63) is 71.8 Å². The first-order valence-electron chi connectivity index (χ1n) is 9.37. The summed E-state index contributed by atoms with van der Waals surface area (Å²) in [5.41, 5.74) is 2.80. The first-order chi connectivity index (χ1) is 14.1. The molecule has 2 amide bonds. The zero-order chi connectivity index (χ0) is 20.0. The van der Waals surface area contributed by atoms with Crippen molar-refractivity contribution in [3.63, 3.8) is 0 Å². The smallest absolute Gasteiger partial charge is 0.229 e. The summed E-state index contributed by atoms with van der Waals surface area (Å²) in [7, 11) is 0. The average molecular weight is 405 g/mol. The van der Waals surface area contributed by atoms with Crippen LogP contribution in [0.15, 0.2) is 71.1 Å². The number of furan rings is 1. The van der Waals surface area contributed by atoms with Crippen molar-refractivity contribution in [2.75, 3.05) is 16.8 Å². The topological polar surface area (TPSA) is 62.6 Å². The van der Waals surface area contributed by atoms with Crippen LogP contribution in [0.4, 0.5) is 11.4 Å². The van der Waals surface area contributed by atoms with E-state index in [0.717, 1.165) is 16.4 Å². The fourth-order valence-corrected chi connectivity index (χ4v) is 4.07. The Hall–Kier alpha value is -3.31. The Morgan fingerprint density at radius 1 is 1.00 bits per heavy atom. The molecule has 1 aliphatic heterocycles. The Bertz CT molecular complexity index is 1260. The molecule has 144 valence electrons. The highest BCUT2D eigenvalue weighted by molar-refractivity contribution is 6.34. The van der Waals surface area contributed by atoms with Gasteiger partial charge in [-0.25, -0.2) is 0 Å².